The molecule has 2 aliphatic rings. The Labute approximate surface area is 138 Å². The number of benzene rings is 1. The third kappa shape index (κ3) is 3.66. The number of carbonyl (C=O) groups is 1. The number of hydrogen-bond donors (Lipinski definition) is 0. The van der Waals surface area contributed by atoms with E-state index in [1.165, 1.54) is 12.1 Å². The Morgan fingerprint density at radius 1 is 1.38 bits per heavy atom. The first kappa shape index (κ1) is 17.1. The van der Waals surface area contributed by atoms with Gasteiger partial charge in [0.25, 0.3) is 0 Å². The number of rotatable bonds is 2. The minimum absolute atomic E-state index is 0.0382. The molecule has 0 radical (unpaired) electrons. The molecule has 4 nitrogen and oxygen atoms in total. The van der Waals surface area contributed by atoms with E-state index in [-0.39, 0.29) is 23.5 Å². The predicted octanol–water partition coefficient (Wildman–Crippen LogP) is 3.54. The van der Waals surface area contributed by atoms with E-state index < -0.39 is 6.36 Å². The highest BCUT2D eigenvalue weighted by Crippen LogP contribution is 2.35. The number of carbonyl (C=O) groups excluding carboxylic acids is 1. The SMILES string of the molecule is CC1COCCC1C(=O)N1CCCc2cc(OC(F)(F)F)ccc21. The van der Waals surface area contributed by atoms with Gasteiger partial charge in [-0.3, -0.25) is 4.79 Å². The molecule has 132 valence electrons. The first-order valence-electron chi connectivity index (χ1n) is 8.13. The molecule has 0 saturated carbocycles. The fraction of sp³-hybridized carbons (Fsp3) is 0.588. The maximum atomic E-state index is 12.9. The third-order valence-corrected chi connectivity index (χ3v) is 4.63. The lowest BCUT2D eigenvalue weighted by atomic mass is 9.87. The monoisotopic (exact) mass is 343 g/mol. The first-order valence-corrected chi connectivity index (χ1v) is 8.13. The van der Waals surface area contributed by atoms with Crippen molar-refractivity contribution in [2.75, 3.05) is 24.7 Å². The van der Waals surface area contributed by atoms with Crippen molar-refractivity contribution in [1.29, 1.82) is 0 Å². The van der Waals surface area contributed by atoms with Crippen molar-refractivity contribution in [2.24, 2.45) is 11.8 Å². The van der Waals surface area contributed by atoms with Crippen molar-refractivity contribution in [3.05, 3.63) is 23.8 Å². The zero-order valence-electron chi connectivity index (χ0n) is 13.4. The number of halogens is 3. The number of nitrogens with zero attached hydrogens (tertiary/aromatic N) is 1. The quantitative estimate of drug-likeness (QED) is 0.824. The molecule has 1 fully saturated rings. The molecular weight excluding hydrogens is 323 g/mol. The molecule has 0 spiro atoms. The highest BCUT2D eigenvalue weighted by Gasteiger charge is 2.35. The molecule has 2 aliphatic heterocycles. The minimum atomic E-state index is -4.71. The van der Waals surface area contributed by atoms with Crippen LogP contribution < -0.4 is 9.64 Å². The van der Waals surface area contributed by atoms with Gasteiger partial charge in [0.1, 0.15) is 5.75 Å². The van der Waals surface area contributed by atoms with Crippen LogP contribution in [-0.4, -0.2) is 32.0 Å². The second-order valence-electron chi connectivity index (χ2n) is 6.38. The van der Waals surface area contributed by atoms with Gasteiger partial charge in [-0.25, -0.2) is 0 Å². The van der Waals surface area contributed by atoms with Gasteiger partial charge in [0.05, 0.1) is 0 Å². The summed E-state index contributed by atoms with van der Waals surface area (Å²) in [6.45, 7) is 3.72. The Kier molecular flexibility index (Phi) is 4.71. The summed E-state index contributed by atoms with van der Waals surface area (Å²) in [5.41, 5.74) is 1.41. The van der Waals surface area contributed by atoms with Crippen molar-refractivity contribution >= 4 is 11.6 Å². The average molecular weight is 343 g/mol. The van der Waals surface area contributed by atoms with Gasteiger partial charge in [-0.15, -0.1) is 13.2 Å². The van der Waals surface area contributed by atoms with E-state index in [1.807, 2.05) is 6.92 Å². The van der Waals surface area contributed by atoms with Crippen LogP contribution in [0.3, 0.4) is 0 Å². The van der Waals surface area contributed by atoms with Gasteiger partial charge in [0.2, 0.25) is 5.91 Å². The van der Waals surface area contributed by atoms with E-state index in [0.717, 1.165) is 12.0 Å². The van der Waals surface area contributed by atoms with Gasteiger partial charge in [0, 0.05) is 31.4 Å². The standard InChI is InChI=1S/C17H20F3NO3/c1-11-10-23-8-6-14(11)16(22)21-7-2-3-12-9-13(4-5-15(12)21)24-17(18,19)20/h4-5,9,11,14H,2-3,6-8,10H2,1H3. The maximum Gasteiger partial charge on any atom is 0.573 e. The molecule has 2 heterocycles. The number of ether oxygens (including phenoxy) is 2. The van der Waals surface area contributed by atoms with Crippen molar-refractivity contribution < 1.29 is 27.4 Å². The molecule has 0 N–H and O–H groups in total. The molecule has 1 saturated heterocycles. The zero-order valence-corrected chi connectivity index (χ0v) is 13.4. The summed E-state index contributed by atoms with van der Waals surface area (Å²) in [6.07, 6.45) is -2.67. The topological polar surface area (TPSA) is 38.8 Å². The summed E-state index contributed by atoms with van der Waals surface area (Å²) in [5, 5.41) is 0. The molecule has 1 aromatic carbocycles. The highest BCUT2D eigenvalue weighted by atomic mass is 19.4. The Bertz CT molecular complexity index is 618. The molecule has 2 atom stereocenters. The summed E-state index contributed by atoms with van der Waals surface area (Å²) in [7, 11) is 0. The largest absolute Gasteiger partial charge is 0.573 e. The van der Waals surface area contributed by atoms with Crippen LogP contribution in [0, 0.1) is 11.8 Å². The number of amides is 1. The molecule has 24 heavy (non-hydrogen) atoms. The van der Waals surface area contributed by atoms with Gasteiger partial charge in [0.15, 0.2) is 0 Å². The molecule has 1 amide bonds. The smallest absolute Gasteiger partial charge is 0.406 e. The lowest BCUT2D eigenvalue weighted by molar-refractivity contribution is -0.274. The van der Waals surface area contributed by atoms with E-state index in [1.54, 1.807) is 11.0 Å². The predicted molar refractivity (Wildman–Crippen MR) is 81.9 cm³/mol. The van der Waals surface area contributed by atoms with Gasteiger partial charge in [-0.2, -0.15) is 0 Å². The Morgan fingerprint density at radius 3 is 2.88 bits per heavy atom. The van der Waals surface area contributed by atoms with Crippen LogP contribution in [-0.2, 0) is 16.0 Å². The lowest BCUT2D eigenvalue weighted by Crippen LogP contribution is -2.44. The fourth-order valence-electron chi connectivity index (χ4n) is 3.45. The van der Waals surface area contributed by atoms with Crippen molar-refractivity contribution in [3.8, 4) is 5.75 Å². The lowest BCUT2D eigenvalue weighted by Gasteiger charge is -2.36. The number of hydrogen-bond acceptors (Lipinski definition) is 3. The highest BCUT2D eigenvalue weighted by molar-refractivity contribution is 5.96. The van der Waals surface area contributed by atoms with Crippen LogP contribution in [0.1, 0.15) is 25.3 Å². The second kappa shape index (κ2) is 6.63. The summed E-state index contributed by atoms with van der Waals surface area (Å²) < 4.78 is 46.5. The first-order chi connectivity index (χ1) is 11.3. The van der Waals surface area contributed by atoms with E-state index in [0.29, 0.717) is 38.3 Å². The molecule has 3 rings (SSSR count). The number of anilines is 1. The van der Waals surface area contributed by atoms with Crippen LogP contribution in [0.5, 0.6) is 5.75 Å². The van der Waals surface area contributed by atoms with Crippen LogP contribution in [0.2, 0.25) is 0 Å². The van der Waals surface area contributed by atoms with E-state index in [4.69, 9.17) is 4.74 Å². The average Bonchev–Trinajstić information content (AvgIpc) is 2.52. The van der Waals surface area contributed by atoms with Crippen molar-refractivity contribution in [3.63, 3.8) is 0 Å². The van der Waals surface area contributed by atoms with Crippen LogP contribution >= 0.6 is 0 Å². The molecule has 0 bridgehead atoms. The summed E-state index contributed by atoms with van der Waals surface area (Å²) in [4.78, 5) is 14.6. The van der Waals surface area contributed by atoms with Gasteiger partial charge >= 0.3 is 6.36 Å². The minimum Gasteiger partial charge on any atom is -0.406 e. The van der Waals surface area contributed by atoms with Crippen LogP contribution in [0.15, 0.2) is 18.2 Å². The summed E-state index contributed by atoms with van der Waals surface area (Å²) >= 11 is 0. The Morgan fingerprint density at radius 2 is 2.17 bits per heavy atom. The number of alkyl halides is 3. The zero-order chi connectivity index (χ0) is 17.3. The Hall–Kier alpha value is -1.76. The van der Waals surface area contributed by atoms with Crippen LogP contribution in [0.25, 0.3) is 0 Å². The number of aryl methyl sites for hydroxylation is 1. The van der Waals surface area contributed by atoms with E-state index in [2.05, 4.69) is 4.74 Å². The van der Waals surface area contributed by atoms with Crippen molar-refractivity contribution in [2.45, 2.75) is 32.5 Å². The van der Waals surface area contributed by atoms with E-state index >= 15 is 0 Å². The Balaban J connectivity index is 1.82. The number of fused-ring (bicyclic) bond motifs is 1. The molecule has 0 aromatic heterocycles. The maximum absolute atomic E-state index is 12.9. The molecule has 0 aliphatic carbocycles. The second-order valence-corrected chi connectivity index (χ2v) is 6.38. The summed E-state index contributed by atoms with van der Waals surface area (Å²) in [5.74, 6) is -0.161. The van der Waals surface area contributed by atoms with E-state index in [9.17, 15) is 18.0 Å². The molecular formula is C17H20F3NO3. The molecule has 7 heteroatoms. The molecule has 2 unspecified atom stereocenters. The third-order valence-electron chi connectivity index (χ3n) is 4.63. The van der Waals surface area contributed by atoms with Crippen LogP contribution in [0.4, 0.5) is 18.9 Å². The summed E-state index contributed by atoms with van der Waals surface area (Å²) in [6, 6.07) is 4.21. The fourth-order valence-corrected chi connectivity index (χ4v) is 3.45. The normalized spacial score (nSPS) is 24.4. The van der Waals surface area contributed by atoms with Crippen molar-refractivity contribution in [1.82, 2.24) is 0 Å². The van der Waals surface area contributed by atoms with Gasteiger partial charge in [-0.1, -0.05) is 6.92 Å². The van der Waals surface area contributed by atoms with Gasteiger partial charge in [-0.05, 0) is 48.9 Å². The van der Waals surface area contributed by atoms with Gasteiger partial charge < -0.3 is 14.4 Å². The molecule has 1 aromatic rings.